The molecule has 18 heavy (non-hydrogen) atoms. The van der Waals surface area contributed by atoms with Crippen molar-refractivity contribution in [3.05, 3.63) is 46.9 Å². The van der Waals surface area contributed by atoms with E-state index in [9.17, 15) is 0 Å². The fourth-order valence-electron chi connectivity index (χ4n) is 1.70. The van der Waals surface area contributed by atoms with Crippen molar-refractivity contribution in [2.45, 2.75) is 20.3 Å². The molecule has 2 aromatic rings. The Morgan fingerprint density at radius 3 is 2.44 bits per heavy atom. The maximum atomic E-state index is 8.97. The molecule has 0 radical (unpaired) electrons. The lowest BCUT2D eigenvalue weighted by Crippen LogP contribution is -2.16. The third-order valence-corrected chi connectivity index (χ3v) is 2.47. The van der Waals surface area contributed by atoms with Gasteiger partial charge >= 0.3 is 5.69 Å². The Hall–Kier alpha value is -2.41. The average molecular weight is 242 g/mol. The number of nitrogens with zero attached hydrogens (tertiary/aromatic N) is 2. The molecular formula is C14H14N2O2. The van der Waals surface area contributed by atoms with Gasteiger partial charge in [0, 0.05) is 11.5 Å². The molecule has 0 heterocycles. The lowest BCUT2D eigenvalue weighted by atomic mass is 10.0. The van der Waals surface area contributed by atoms with Gasteiger partial charge in [0.2, 0.25) is 5.39 Å². The second-order valence-corrected chi connectivity index (χ2v) is 3.74. The minimum absolute atomic E-state index is 0.700. The van der Waals surface area contributed by atoms with E-state index in [0.29, 0.717) is 5.69 Å². The Balaban J connectivity index is 0.000000357. The minimum atomic E-state index is -1.08. The van der Waals surface area contributed by atoms with Gasteiger partial charge in [-0.1, -0.05) is 37.3 Å². The molecule has 0 aromatic heterocycles. The van der Waals surface area contributed by atoms with E-state index in [0.717, 1.165) is 29.7 Å². The Morgan fingerprint density at radius 2 is 1.89 bits per heavy atom. The summed E-state index contributed by atoms with van der Waals surface area (Å²) in [4.78, 5) is 12.3. The number of carbonyl (C=O) groups is 1. The molecule has 0 bridgehead atoms. The van der Waals surface area contributed by atoms with Gasteiger partial charge in [-0.25, -0.2) is 0 Å². The van der Waals surface area contributed by atoms with Crippen molar-refractivity contribution in [2.24, 2.45) is 0 Å². The number of aryl methyl sites for hydroxylation is 1. The molecule has 0 atom stereocenters. The summed E-state index contributed by atoms with van der Waals surface area (Å²) in [5, 5.41) is 20.0. The fourth-order valence-corrected chi connectivity index (χ4v) is 1.70. The molecular weight excluding hydrogens is 228 g/mol. The van der Waals surface area contributed by atoms with Crippen molar-refractivity contribution in [3.63, 3.8) is 0 Å². The number of fused-ring (bicyclic) bond motifs is 1. The molecule has 4 nitrogen and oxygen atoms in total. The van der Waals surface area contributed by atoms with E-state index in [4.69, 9.17) is 15.3 Å². The molecule has 0 aliphatic carbocycles. The van der Waals surface area contributed by atoms with Crippen LogP contribution in [-0.4, -0.2) is 5.97 Å². The molecule has 0 aliphatic heterocycles. The second kappa shape index (κ2) is 6.36. The largest absolute Gasteiger partial charge is 0.550 e. The van der Waals surface area contributed by atoms with Crippen LogP contribution < -0.4 is 5.11 Å². The second-order valence-electron chi connectivity index (χ2n) is 3.74. The predicted molar refractivity (Wildman–Crippen MR) is 68.8 cm³/mol. The summed E-state index contributed by atoms with van der Waals surface area (Å²) < 4.78 is 0. The first-order valence-corrected chi connectivity index (χ1v) is 5.63. The van der Waals surface area contributed by atoms with Gasteiger partial charge in [-0.15, -0.1) is 0 Å². The first kappa shape index (κ1) is 13.7. The lowest BCUT2D eigenvalue weighted by Gasteiger charge is -1.96. The molecule has 0 spiro atoms. The summed E-state index contributed by atoms with van der Waals surface area (Å²) in [5.74, 6) is -1.08. The molecule has 0 aliphatic rings. The topological polar surface area (TPSA) is 68.3 Å². The Kier molecular flexibility index (Phi) is 4.82. The molecule has 0 saturated heterocycles. The van der Waals surface area contributed by atoms with Crippen molar-refractivity contribution in [3.8, 4) is 0 Å². The van der Waals surface area contributed by atoms with Crippen LogP contribution in [0.15, 0.2) is 36.4 Å². The van der Waals surface area contributed by atoms with Crippen LogP contribution >= 0.6 is 0 Å². The number of carboxylic acids is 1. The van der Waals surface area contributed by atoms with Gasteiger partial charge in [-0.05, 0) is 24.8 Å². The number of diazo groups is 1. The number of rotatable bonds is 1. The zero-order valence-corrected chi connectivity index (χ0v) is 10.4. The third-order valence-electron chi connectivity index (χ3n) is 2.47. The van der Waals surface area contributed by atoms with E-state index in [1.165, 1.54) is 0 Å². The molecule has 0 amide bonds. The number of hydrogen-bond donors (Lipinski definition) is 0. The highest BCUT2D eigenvalue weighted by atomic mass is 16.4. The summed E-state index contributed by atoms with van der Waals surface area (Å²) in [5.41, 5.74) is 1.77. The minimum Gasteiger partial charge on any atom is -0.550 e. The molecule has 2 aromatic carbocycles. The van der Waals surface area contributed by atoms with E-state index in [1.807, 2.05) is 30.3 Å². The molecule has 2 rings (SSSR count). The van der Waals surface area contributed by atoms with Crippen LogP contribution in [0.1, 0.15) is 19.4 Å². The maximum absolute atomic E-state index is 8.97. The Bertz CT molecular complexity index is 596. The van der Waals surface area contributed by atoms with E-state index < -0.39 is 5.97 Å². The van der Waals surface area contributed by atoms with Gasteiger partial charge in [0.15, 0.2) is 4.98 Å². The van der Waals surface area contributed by atoms with E-state index >= 15 is 0 Å². The zero-order valence-electron chi connectivity index (χ0n) is 10.4. The highest BCUT2D eigenvalue weighted by molar-refractivity contribution is 5.95. The van der Waals surface area contributed by atoms with Gasteiger partial charge in [-0.3, -0.25) is 0 Å². The van der Waals surface area contributed by atoms with Crippen LogP contribution in [0.2, 0.25) is 0 Å². The summed E-state index contributed by atoms with van der Waals surface area (Å²) in [6.07, 6.45) is 0.879. The van der Waals surface area contributed by atoms with Crippen LogP contribution in [0.4, 0.5) is 5.69 Å². The molecule has 0 fully saturated rings. The highest BCUT2D eigenvalue weighted by Gasteiger charge is 2.16. The van der Waals surface area contributed by atoms with Gasteiger partial charge in [0.25, 0.3) is 0 Å². The third kappa shape index (κ3) is 3.29. The molecule has 0 N–H and O–H groups in total. The van der Waals surface area contributed by atoms with Gasteiger partial charge < -0.3 is 9.90 Å². The van der Waals surface area contributed by atoms with E-state index in [-0.39, 0.29) is 0 Å². The standard InChI is InChI=1S/C12H11N2.C2H4O2/c1-2-9-7-8-10-5-3-4-6-11(10)12(9)14-13;1-2(3)4/h3-8H,2H2,1H3;1H3,(H,3,4)/q+1;/p-1. The number of hydrogen-bond acceptors (Lipinski definition) is 3. The molecule has 0 saturated carbocycles. The van der Waals surface area contributed by atoms with Crippen LogP contribution in [0.3, 0.4) is 0 Å². The Morgan fingerprint density at radius 1 is 1.28 bits per heavy atom. The van der Waals surface area contributed by atoms with Crippen LogP contribution in [-0.2, 0) is 11.2 Å². The van der Waals surface area contributed by atoms with Crippen molar-refractivity contribution in [1.82, 2.24) is 0 Å². The van der Waals surface area contributed by atoms with Crippen molar-refractivity contribution in [2.75, 3.05) is 0 Å². The predicted octanol–water partition coefficient (Wildman–Crippen LogP) is 2.64. The molecule has 0 unspecified atom stereocenters. The van der Waals surface area contributed by atoms with Gasteiger partial charge in [0.05, 0.1) is 5.39 Å². The maximum Gasteiger partial charge on any atom is 0.395 e. The van der Waals surface area contributed by atoms with Crippen LogP contribution in [0.5, 0.6) is 0 Å². The van der Waals surface area contributed by atoms with Gasteiger partial charge in [0.1, 0.15) is 0 Å². The Labute approximate surface area is 105 Å². The van der Waals surface area contributed by atoms with Crippen molar-refractivity contribution in [1.29, 1.82) is 5.39 Å². The zero-order chi connectivity index (χ0) is 13.5. The van der Waals surface area contributed by atoms with Crippen LogP contribution in [0.25, 0.3) is 15.7 Å². The quantitative estimate of drug-likeness (QED) is 0.722. The summed E-state index contributed by atoms with van der Waals surface area (Å²) in [7, 11) is 0. The first-order chi connectivity index (χ1) is 8.60. The SMILES string of the molecule is CC(=O)[O-].CCc1ccc2ccccc2c1[N+]#N. The van der Waals surface area contributed by atoms with Gasteiger partial charge in [-0.2, -0.15) is 0 Å². The fraction of sp³-hybridized carbons (Fsp3) is 0.214. The number of carboxylic acid groups (broad SMARTS) is 1. The van der Waals surface area contributed by atoms with E-state index in [1.54, 1.807) is 0 Å². The smallest absolute Gasteiger partial charge is 0.395 e. The van der Waals surface area contributed by atoms with Crippen LogP contribution in [0, 0.1) is 5.39 Å². The normalized spacial score (nSPS) is 9.17. The summed E-state index contributed by atoms with van der Waals surface area (Å²) in [6, 6.07) is 12.0. The monoisotopic (exact) mass is 242 g/mol. The first-order valence-electron chi connectivity index (χ1n) is 5.63. The highest BCUT2D eigenvalue weighted by Crippen LogP contribution is 2.30. The van der Waals surface area contributed by atoms with Crippen molar-refractivity contribution < 1.29 is 9.90 Å². The number of carbonyl (C=O) groups excluding carboxylic acids is 1. The molecule has 92 valence electrons. The molecule has 4 heteroatoms. The van der Waals surface area contributed by atoms with Crippen molar-refractivity contribution >= 4 is 22.4 Å². The number of benzene rings is 2. The van der Waals surface area contributed by atoms with E-state index in [2.05, 4.69) is 18.0 Å². The average Bonchev–Trinajstić information content (AvgIpc) is 2.36. The number of aliphatic carboxylic acids is 1. The lowest BCUT2D eigenvalue weighted by molar-refractivity contribution is -0.302. The summed E-state index contributed by atoms with van der Waals surface area (Å²) in [6.45, 7) is 3.03. The summed E-state index contributed by atoms with van der Waals surface area (Å²) >= 11 is 0.